The van der Waals surface area contributed by atoms with E-state index in [4.69, 9.17) is 4.42 Å². The molecule has 0 bridgehead atoms. The lowest BCUT2D eigenvalue weighted by Crippen LogP contribution is -2.30. The minimum Gasteiger partial charge on any atom is -0.472 e. The molecule has 2 heterocycles. The highest BCUT2D eigenvalue weighted by molar-refractivity contribution is 5.94. The maximum Gasteiger partial charge on any atom is 0.255 e. The van der Waals surface area contributed by atoms with Crippen LogP contribution in [0.2, 0.25) is 0 Å². The first-order chi connectivity index (χ1) is 10.6. The largest absolute Gasteiger partial charge is 0.472 e. The molecule has 2 aromatic heterocycles. The van der Waals surface area contributed by atoms with Crippen LogP contribution in [-0.2, 0) is 7.05 Å². The van der Waals surface area contributed by atoms with Crippen molar-refractivity contribution in [2.75, 3.05) is 0 Å². The topological polar surface area (TPSA) is 60.1 Å². The Labute approximate surface area is 126 Å². The Bertz CT molecular complexity index is 780. The highest BCUT2D eigenvalue weighted by Crippen LogP contribution is 2.21. The van der Waals surface area contributed by atoms with Gasteiger partial charge in [0, 0.05) is 19.4 Å². The van der Waals surface area contributed by atoms with Gasteiger partial charge in [0.15, 0.2) is 0 Å². The monoisotopic (exact) mass is 299 g/mol. The minimum absolute atomic E-state index is 0.314. The van der Waals surface area contributed by atoms with Gasteiger partial charge in [0.2, 0.25) is 0 Å². The Morgan fingerprint density at radius 1 is 1.41 bits per heavy atom. The third kappa shape index (κ3) is 2.76. The predicted octanol–water partition coefficient (Wildman–Crippen LogP) is 2.67. The fourth-order valence-corrected chi connectivity index (χ4v) is 2.25. The van der Waals surface area contributed by atoms with E-state index in [0.717, 1.165) is 0 Å². The van der Waals surface area contributed by atoms with E-state index >= 15 is 0 Å². The van der Waals surface area contributed by atoms with Gasteiger partial charge in [-0.3, -0.25) is 4.79 Å². The summed E-state index contributed by atoms with van der Waals surface area (Å²) in [4.78, 5) is 16.5. The highest BCUT2D eigenvalue weighted by Gasteiger charge is 2.22. The molecular formula is C16H14FN3O2. The van der Waals surface area contributed by atoms with Crippen LogP contribution < -0.4 is 5.32 Å². The molecular weight excluding hydrogens is 285 g/mol. The second-order valence-corrected chi connectivity index (χ2v) is 4.87. The predicted molar refractivity (Wildman–Crippen MR) is 77.6 cm³/mol. The number of imidazole rings is 1. The molecule has 1 N–H and O–H groups in total. The zero-order chi connectivity index (χ0) is 15.5. The average molecular weight is 299 g/mol. The highest BCUT2D eigenvalue weighted by atomic mass is 19.1. The second kappa shape index (κ2) is 5.85. The van der Waals surface area contributed by atoms with Gasteiger partial charge in [-0.1, -0.05) is 12.1 Å². The number of furan rings is 1. The molecule has 0 radical (unpaired) electrons. The average Bonchev–Trinajstić information content (AvgIpc) is 3.16. The van der Waals surface area contributed by atoms with Crippen LogP contribution >= 0.6 is 0 Å². The Hall–Kier alpha value is -2.89. The molecule has 6 heteroatoms. The van der Waals surface area contributed by atoms with Crippen molar-refractivity contribution >= 4 is 5.91 Å². The van der Waals surface area contributed by atoms with E-state index in [-0.39, 0.29) is 11.7 Å². The number of aromatic nitrogens is 2. The van der Waals surface area contributed by atoms with Gasteiger partial charge in [0.05, 0.1) is 11.8 Å². The number of hydrogen-bond donors (Lipinski definition) is 1. The summed E-state index contributed by atoms with van der Waals surface area (Å²) in [5, 5.41) is 2.86. The fraction of sp³-hybridized carbons (Fsp3) is 0.125. The lowest BCUT2D eigenvalue weighted by Gasteiger charge is -2.19. The number of halogens is 1. The van der Waals surface area contributed by atoms with Crippen LogP contribution in [0.5, 0.6) is 0 Å². The van der Waals surface area contributed by atoms with Crippen molar-refractivity contribution in [3.05, 3.63) is 78.0 Å². The van der Waals surface area contributed by atoms with Gasteiger partial charge >= 0.3 is 0 Å². The maximum atomic E-state index is 13.5. The van der Waals surface area contributed by atoms with E-state index in [1.54, 1.807) is 35.2 Å². The smallest absolute Gasteiger partial charge is 0.255 e. The zero-order valence-corrected chi connectivity index (χ0v) is 11.9. The van der Waals surface area contributed by atoms with Gasteiger partial charge in [-0.2, -0.15) is 0 Å². The summed E-state index contributed by atoms with van der Waals surface area (Å²) < 4.78 is 20.2. The number of hydrogen-bond acceptors (Lipinski definition) is 3. The quantitative estimate of drug-likeness (QED) is 0.805. The number of nitrogens with one attached hydrogen (secondary N) is 1. The molecule has 1 aromatic carbocycles. The van der Waals surface area contributed by atoms with Gasteiger partial charge in [-0.15, -0.1) is 0 Å². The zero-order valence-electron chi connectivity index (χ0n) is 11.9. The molecule has 112 valence electrons. The summed E-state index contributed by atoms with van der Waals surface area (Å²) in [5.74, 6) is -0.0669. The Balaban J connectivity index is 1.97. The SMILES string of the molecule is Cn1ccnc1[C@@H](NC(=O)c1ccoc1)c1cccc(F)c1. The fourth-order valence-electron chi connectivity index (χ4n) is 2.25. The van der Waals surface area contributed by atoms with Gasteiger partial charge < -0.3 is 14.3 Å². The van der Waals surface area contributed by atoms with Crippen molar-refractivity contribution < 1.29 is 13.6 Å². The van der Waals surface area contributed by atoms with E-state index in [2.05, 4.69) is 10.3 Å². The van der Waals surface area contributed by atoms with Crippen LogP contribution in [0.1, 0.15) is 27.8 Å². The standard InChI is InChI=1S/C16H14FN3O2/c1-20-7-6-18-15(20)14(11-3-2-4-13(17)9-11)19-16(21)12-5-8-22-10-12/h2-10,14H,1H3,(H,19,21)/t14-/m0/s1. The van der Waals surface area contributed by atoms with Crippen LogP contribution in [0.4, 0.5) is 4.39 Å². The number of nitrogens with zero attached hydrogens (tertiary/aromatic N) is 2. The van der Waals surface area contributed by atoms with Crippen molar-refractivity contribution in [1.82, 2.24) is 14.9 Å². The van der Waals surface area contributed by atoms with Crippen molar-refractivity contribution in [3.8, 4) is 0 Å². The first kappa shape index (κ1) is 14.1. The molecule has 0 fully saturated rings. The molecule has 0 aliphatic heterocycles. The molecule has 5 nitrogen and oxygen atoms in total. The van der Waals surface area contributed by atoms with Crippen LogP contribution in [0, 0.1) is 5.82 Å². The molecule has 0 aliphatic carbocycles. The number of benzene rings is 1. The maximum absolute atomic E-state index is 13.5. The second-order valence-electron chi connectivity index (χ2n) is 4.87. The molecule has 1 amide bonds. The first-order valence-electron chi connectivity index (χ1n) is 6.71. The van der Waals surface area contributed by atoms with E-state index in [0.29, 0.717) is 17.0 Å². The Morgan fingerprint density at radius 2 is 2.27 bits per heavy atom. The van der Waals surface area contributed by atoms with E-state index in [1.165, 1.54) is 24.7 Å². The lowest BCUT2D eigenvalue weighted by atomic mass is 10.1. The number of rotatable bonds is 4. The Morgan fingerprint density at radius 3 is 2.91 bits per heavy atom. The molecule has 22 heavy (non-hydrogen) atoms. The van der Waals surface area contributed by atoms with E-state index < -0.39 is 6.04 Å². The normalized spacial score (nSPS) is 12.1. The van der Waals surface area contributed by atoms with Gasteiger partial charge in [0.1, 0.15) is 23.9 Å². The van der Waals surface area contributed by atoms with E-state index in [1.807, 2.05) is 7.05 Å². The van der Waals surface area contributed by atoms with Crippen molar-refractivity contribution in [2.45, 2.75) is 6.04 Å². The molecule has 3 aromatic rings. The van der Waals surface area contributed by atoms with Crippen molar-refractivity contribution in [1.29, 1.82) is 0 Å². The molecule has 0 unspecified atom stereocenters. The lowest BCUT2D eigenvalue weighted by molar-refractivity contribution is 0.0940. The van der Waals surface area contributed by atoms with Gasteiger partial charge in [-0.05, 0) is 23.8 Å². The minimum atomic E-state index is -0.557. The number of amides is 1. The summed E-state index contributed by atoms with van der Waals surface area (Å²) in [7, 11) is 1.82. The van der Waals surface area contributed by atoms with Crippen molar-refractivity contribution in [2.24, 2.45) is 7.05 Å². The number of carbonyl (C=O) groups excluding carboxylic acids is 1. The summed E-state index contributed by atoms with van der Waals surface area (Å²) in [6, 6.07) is 7.10. The van der Waals surface area contributed by atoms with Crippen LogP contribution in [0.25, 0.3) is 0 Å². The third-order valence-corrected chi connectivity index (χ3v) is 3.36. The summed E-state index contributed by atoms with van der Waals surface area (Å²) in [6.45, 7) is 0. The number of aryl methyl sites for hydroxylation is 1. The molecule has 3 rings (SSSR count). The molecule has 0 aliphatic rings. The van der Waals surface area contributed by atoms with Crippen LogP contribution in [0.15, 0.2) is 59.7 Å². The third-order valence-electron chi connectivity index (χ3n) is 3.36. The summed E-state index contributed by atoms with van der Waals surface area (Å²) in [5.41, 5.74) is 1.02. The molecule has 0 saturated carbocycles. The summed E-state index contributed by atoms with van der Waals surface area (Å²) >= 11 is 0. The Kier molecular flexibility index (Phi) is 3.74. The first-order valence-corrected chi connectivity index (χ1v) is 6.71. The van der Waals surface area contributed by atoms with Crippen molar-refractivity contribution in [3.63, 3.8) is 0 Å². The number of carbonyl (C=O) groups is 1. The van der Waals surface area contributed by atoms with E-state index in [9.17, 15) is 9.18 Å². The van der Waals surface area contributed by atoms with Crippen LogP contribution in [0.3, 0.4) is 0 Å². The van der Waals surface area contributed by atoms with Crippen LogP contribution in [-0.4, -0.2) is 15.5 Å². The molecule has 1 atom stereocenters. The van der Waals surface area contributed by atoms with Gasteiger partial charge in [-0.25, -0.2) is 9.37 Å². The van der Waals surface area contributed by atoms with Gasteiger partial charge in [0.25, 0.3) is 5.91 Å². The molecule has 0 spiro atoms. The summed E-state index contributed by atoms with van der Waals surface area (Å²) in [6.07, 6.45) is 6.18. The molecule has 0 saturated heterocycles.